The van der Waals surface area contributed by atoms with Gasteiger partial charge in [0.2, 0.25) is 0 Å². The molecule has 2 aliphatic rings. The number of nitrogens with zero attached hydrogens (tertiary/aromatic N) is 2. The normalized spacial score (nSPS) is 18.8. The monoisotopic (exact) mass is 495 g/mol. The van der Waals surface area contributed by atoms with E-state index in [2.05, 4.69) is 5.32 Å². The molecule has 1 N–H and O–H groups in total. The van der Waals surface area contributed by atoms with Crippen LogP contribution in [0.5, 0.6) is 5.75 Å². The average Bonchev–Trinajstić information content (AvgIpc) is 3.30. The van der Waals surface area contributed by atoms with Crippen LogP contribution in [0, 0.1) is 0 Å². The van der Waals surface area contributed by atoms with E-state index in [9.17, 15) is 22.0 Å². The number of imidazole rings is 1. The maximum absolute atomic E-state index is 13.2. The van der Waals surface area contributed by atoms with Gasteiger partial charge in [-0.15, -0.1) is 0 Å². The molecule has 7 nitrogen and oxygen atoms in total. The minimum atomic E-state index is -3.31. The predicted octanol–water partition coefficient (Wildman–Crippen LogP) is 4.49. The SMILES string of the molecule is CS(=O)(=O)c1ccc(-c2ccc3nc4n(c3c2)C2C[C@@H]4NC(=O)c3cccc(OC(F)F)c32)cc1. The molecule has 0 aliphatic carbocycles. The van der Waals surface area contributed by atoms with Gasteiger partial charge in [0.25, 0.3) is 5.91 Å². The van der Waals surface area contributed by atoms with E-state index < -0.39 is 22.5 Å². The van der Waals surface area contributed by atoms with Gasteiger partial charge in [-0.05, 0) is 53.9 Å². The summed E-state index contributed by atoms with van der Waals surface area (Å²) in [4.78, 5) is 17.8. The lowest BCUT2D eigenvalue weighted by Gasteiger charge is -2.21. The van der Waals surface area contributed by atoms with Crippen molar-refractivity contribution in [3.8, 4) is 16.9 Å². The third-order valence-corrected chi connectivity index (χ3v) is 7.71. The molecule has 0 saturated carbocycles. The van der Waals surface area contributed by atoms with E-state index in [0.717, 1.165) is 22.9 Å². The number of carbonyl (C=O) groups is 1. The molecule has 2 atom stereocenters. The summed E-state index contributed by atoms with van der Waals surface area (Å²) in [6.45, 7) is -3.02. The van der Waals surface area contributed by atoms with Crippen LogP contribution in [-0.2, 0) is 9.84 Å². The Labute approximate surface area is 199 Å². The summed E-state index contributed by atoms with van der Waals surface area (Å²) in [6.07, 6.45) is 1.63. The van der Waals surface area contributed by atoms with E-state index in [1.165, 1.54) is 12.1 Å². The van der Waals surface area contributed by atoms with Crippen molar-refractivity contribution in [1.82, 2.24) is 14.9 Å². The number of aromatic nitrogens is 2. The second kappa shape index (κ2) is 7.61. The lowest BCUT2D eigenvalue weighted by atomic mass is 9.97. The summed E-state index contributed by atoms with van der Waals surface area (Å²) < 4.78 is 56.8. The molecule has 4 aromatic rings. The topological polar surface area (TPSA) is 90.3 Å². The smallest absolute Gasteiger partial charge is 0.387 e. The lowest BCUT2D eigenvalue weighted by Crippen LogP contribution is -2.28. The summed E-state index contributed by atoms with van der Waals surface area (Å²) in [5, 5.41) is 2.97. The number of halogens is 2. The van der Waals surface area contributed by atoms with Crippen molar-refractivity contribution in [3.05, 3.63) is 77.6 Å². The van der Waals surface area contributed by atoms with Gasteiger partial charge in [0.15, 0.2) is 9.84 Å². The molecule has 1 aromatic heterocycles. The number of fused-ring (bicyclic) bond motifs is 9. The minimum Gasteiger partial charge on any atom is -0.434 e. The van der Waals surface area contributed by atoms with Crippen LogP contribution in [0.3, 0.4) is 0 Å². The molecule has 0 saturated heterocycles. The van der Waals surface area contributed by atoms with Crippen molar-refractivity contribution in [2.75, 3.05) is 6.26 Å². The van der Waals surface area contributed by atoms with Crippen LogP contribution < -0.4 is 10.1 Å². The van der Waals surface area contributed by atoms with Crippen LogP contribution in [0.1, 0.15) is 40.3 Å². The number of ether oxygens (including phenoxy) is 1. The Morgan fingerprint density at radius 1 is 1.09 bits per heavy atom. The summed E-state index contributed by atoms with van der Waals surface area (Å²) >= 11 is 0. The van der Waals surface area contributed by atoms with Crippen molar-refractivity contribution in [2.45, 2.75) is 30.0 Å². The second-order valence-corrected chi connectivity index (χ2v) is 10.7. The largest absolute Gasteiger partial charge is 0.434 e. The molecule has 0 fully saturated rings. The van der Waals surface area contributed by atoms with Crippen molar-refractivity contribution < 1.29 is 26.7 Å². The van der Waals surface area contributed by atoms with Crippen LogP contribution in [0.25, 0.3) is 22.2 Å². The fraction of sp³-hybridized carbons (Fsp3) is 0.200. The Bertz CT molecular complexity index is 1610. The van der Waals surface area contributed by atoms with E-state index in [-0.39, 0.29) is 22.6 Å². The highest BCUT2D eigenvalue weighted by atomic mass is 32.2. The molecule has 1 amide bonds. The summed E-state index contributed by atoms with van der Waals surface area (Å²) in [5.41, 5.74) is 3.87. The fourth-order valence-corrected chi connectivity index (χ4v) is 5.71. The Hall–Kier alpha value is -3.79. The Morgan fingerprint density at radius 3 is 2.54 bits per heavy atom. The van der Waals surface area contributed by atoms with Crippen LogP contribution >= 0.6 is 0 Å². The highest BCUT2D eigenvalue weighted by Crippen LogP contribution is 2.47. The lowest BCUT2D eigenvalue weighted by molar-refractivity contribution is -0.0507. The highest BCUT2D eigenvalue weighted by Gasteiger charge is 2.42. The maximum Gasteiger partial charge on any atom is 0.387 e. The molecule has 0 radical (unpaired) electrons. The fourth-order valence-electron chi connectivity index (χ4n) is 5.08. The molecule has 2 bridgehead atoms. The Balaban J connectivity index is 1.51. The molecule has 178 valence electrons. The zero-order valence-electron chi connectivity index (χ0n) is 18.4. The van der Waals surface area contributed by atoms with Crippen LogP contribution in [0.2, 0.25) is 0 Å². The Kier molecular flexibility index (Phi) is 4.72. The quantitative estimate of drug-likeness (QED) is 0.451. The first kappa shape index (κ1) is 21.7. The average molecular weight is 496 g/mol. The zero-order chi connectivity index (χ0) is 24.5. The molecule has 6 rings (SSSR count). The summed E-state index contributed by atoms with van der Waals surface area (Å²) in [6, 6.07) is 16.1. The standard InChI is InChI=1S/C25H19F2N3O4S/c1-35(32,33)15-8-5-13(6-9-15)14-7-10-17-19(11-14)30-20-12-18(23(30)28-17)29-24(31)16-3-2-4-21(22(16)20)34-25(26)27/h2-11,18,20,25H,12H2,1H3,(H,29,31)/t18-,20?/m0/s1. The highest BCUT2D eigenvalue weighted by molar-refractivity contribution is 7.90. The predicted molar refractivity (Wildman–Crippen MR) is 124 cm³/mol. The first-order valence-electron chi connectivity index (χ1n) is 10.9. The number of amides is 1. The summed E-state index contributed by atoms with van der Waals surface area (Å²) in [7, 11) is -3.31. The maximum atomic E-state index is 13.2. The van der Waals surface area contributed by atoms with E-state index in [1.54, 1.807) is 30.3 Å². The molecular formula is C25H19F2N3O4S. The van der Waals surface area contributed by atoms with Gasteiger partial charge in [0, 0.05) is 17.4 Å². The van der Waals surface area contributed by atoms with Crippen molar-refractivity contribution in [3.63, 3.8) is 0 Å². The molecule has 3 heterocycles. The van der Waals surface area contributed by atoms with Crippen LogP contribution in [0.15, 0.2) is 65.6 Å². The van der Waals surface area contributed by atoms with Gasteiger partial charge in [-0.2, -0.15) is 8.78 Å². The molecular weight excluding hydrogens is 476 g/mol. The van der Waals surface area contributed by atoms with Gasteiger partial charge in [-0.1, -0.05) is 24.3 Å². The third-order valence-electron chi connectivity index (χ3n) is 6.58. The van der Waals surface area contributed by atoms with Gasteiger partial charge in [0.1, 0.15) is 11.6 Å². The molecule has 3 aromatic carbocycles. The van der Waals surface area contributed by atoms with Gasteiger partial charge >= 0.3 is 6.61 Å². The number of carbonyl (C=O) groups excluding carboxylic acids is 1. The third kappa shape index (κ3) is 3.47. The van der Waals surface area contributed by atoms with Gasteiger partial charge in [-0.25, -0.2) is 13.4 Å². The van der Waals surface area contributed by atoms with Gasteiger partial charge in [-0.3, -0.25) is 4.79 Å². The van der Waals surface area contributed by atoms with Crippen molar-refractivity contribution in [2.24, 2.45) is 0 Å². The molecule has 1 unspecified atom stereocenters. The number of hydrogen-bond donors (Lipinski definition) is 1. The molecule has 2 aliphatic heterocycles. The molecule has 0 spiro atoms. The van der Waals surface area contributed by atoms with Gasteiger partial charge in [0.05, 0.1) is 28.0 Å². The summed E-state index contributed by atoms with van der Waals surface area (Å²) in [5.74, 6) is 0.276. The molecule has 35 heavy (non-hydrogen) atoms. The number of hydrogen-bond acceptors (Lipinski definition) is 5. The van der Waals surface area contributed by atoms with E-state index in [4.69, 9.17) is 9.72 Å². The molecule has 10 heteroatoms. The van der Waals surface area contributed by atoms with Gasteiger partial charge < -0.3 is 14.6 Å². The zero-order valence-corrected chi connectivity index (χ0v) is 19.2. The van der Waals surface area contributed by atoms with E-state index in [1.807, 2.05) is 22.8 Å². The first-order chi connectivity index (χ1) is 16.7. The number of benzene rings is 3. The van der Waals surface area contributed by atoms with Crippen molar-refractivity contribution >= 4 is 26.8 Å². The minimum absolute atomic E-state index is 0.0273. The van der Waals surface area contributed by atoms with Crippen LogP contribution in [-0.4, -0.2) is 36.7 Å². The number of alkyl halides is 2. The first-order valence-corrected chi connectivity index (χ1v) is 12.8. The Morgan fingerprint density at radius 2 is 1.83 bits per heavy atom. The van der Waals surface area contributed by atoms with Crippen LogP contribution in [0.4, 0.5) is 8.78 Å². The number of sulfone groups is 1. The van der Waals surface area contributed by atoms with E-state index >= 15 is 0 Å². The number of rotatable bonds is 4. The number of nitrogens with one attached hydrogen (secondary N) is 1. The van der Waals surface area contributed by atoms with Crippen molar-refractivity contribution in [1.29, 1.82) is 0 Å². The second-order valence-electron chi connectivity index (χ2n) is 8.71. The van der Waals surface area contributed by atoms with E-state index in [0.29, 0.717) is 28.9 Å².